The van der Waals surface area contributed by atoms with Gasteiger partial charge in [0.1, 0.15) is 11.4 Å². The monoisotopic (exact) mass is 404 g/mol. The summed E-state index contributed by atoms with van der Waals surface area (Å²) in [6.07, 6.45) is 4.29. The van der Waals surface area contributed by atoms with Crippen molar-refractivity contribution < 1.29 is 14.3 Å². The lowest BCUT2D eigenvalue weighted by atomic mass is 10.0. The predicted molar refractivity (Wildman–Crippen MR) is 108 cm³/mol. The van der Waals surface area contributed by atoms with Crippen molar-refractivity contribution in [1.82, 2.24) is 14.7 Å². The molecule has 1 fully saturated rings. The first-order valence-electron chi connectivity index (χ1n) is 9.46. The van der Waals surface area contributed by atoms with Crippen molar-refractivity contribution in [2.24, 2.45) is 7.05 Å². The van der Waals surface area contributed by atoms with Crippen LogP contribution >= 0.6 is 11.6 Å². The van der Waals surface area contributed by atoms with E-state index in [-0.39, 0.29) is 30.7 Å². The van der Waals surface area contributed by atoms with E-state index in [4.69, 9.17) is 16.3 Å². The quantitative estimate of drug-likeness (QED) is 0.718. The highest BCUT2D eigenvalue weighted by molar-refractivity contribution is 6.31. The van der Waals surface area contributed by atoms with Crippen LogP contribution in [0.5, 0.6) is 0 Å². The van der Waals surface area contributed by atoms with Gasteiger partial charge in [-0.1, -0.05) is 29.8 Å². The molecule has 0 aliphatic carbocycles. The van der Waals surface area contributed by atoms with Gasteiger partial charge in [0.25, 0.3) is 0 Å². The highest BCUT2D eigenvalue weighted by atomic mass is 35.5. The fourth-order valence-corrected chi connectivity index (χ4v) is 3.77. The molecular formula is C20H25ClN4O3. The molecule has 1 unspecified atom stereocenters. The lowest BCUT2D eigenvalue weighted by Gasteiger charge is -2.24. The van der Waals surface area contributed by atoms with Gasteiger partial charge in [-0.3, -0.25) is 14.4 Å². The minimum atomic E-state index is -0.497. The van der Waals surface area contributed by atoms with Crippen LogP contribution in [-0.4, -0.2) is 52.3 Å². The van der Waals surface area contributed by atoms with Gasteiger partial charge in [-0.05, 0) is 44.4 Å². The number of likely N-dealkylation sites (tertiary alicyclic amines) is 1. The van der Waals surface area contributed by atoms with E-state index in [1.165, 1.54) is 10.9 Å². The van der Waals surface area contributed by atoms with Gasteiger partial charge in [-0.15, -0.1) is 0 Å². The number of hydrogen-bond acceptors (Lipinski definition) is 5. The standard InChI is InChI=1S/C20H25ClN4O3/c1-3-28-20(27)16-12-22-24(2)19(16)23-18(26)13-25-10-6-8-15(25)11-14-7-4-5-9-17(14)21/h4-5,7,9,12,15H,3,6,8,10-11,13H2,1-2H3,(H,23,26). The molecule has 1 aliphatic heterocycles. The smallest absolute Gasteiger partial charge is 0.343 e. The van der Waals surface area contributed by atoms with E-state index < -0.39 is 5.97 Å². The molecule has 2 aromatic rings. The van der Waals surface area contributed by atoms with Crippen LogP contribution in [0.1, 0.15) is 35.7 Å². The molecule has 1 atom stereocenters. The molecule has 1 N–H and O–H groups in total. The van der Waals surface area contributed by atoms with Crippen molar-refractivity contribution in [2.75, 3.05) is 25.0 Å². The van der Waals surface area contributed by atoms with Gasteiger partial charge in [0.15, 0.2) is 0 Å². The first-order valence-corrected chi connectivity index (χ1v) is 9.83. The van der Waals surface area contributed by atoms with Gasteiger partial charge < -0.3 is 10.1 Å². The number of halogens is 1. The number of anilines is 1. The lowest BCUT2D eigenvalue weighted by molar-refractivity contribution is -0.117. The molecule has 28 heavy (non-hydrogen) atoms. The number of carbonyl (C=O) groups excluding carboxylic acids is 2. The molecule has 1 aliphatic rings. The zero-order valence-corrected chi connectivity index (χ0v) is 16.9. The van der Waals surface area contributed by atoms with Gasteiger partial charge in [0, 0.05) is 18.1 Å². The Balaban J connectivity index is 1.64. The van der Waals surface area contributed by atoms with Crippen molar-refractivity contribution >= 4 is 29.3 Å². The molecular weight excluding hydrogens is 380 g/mol. The van der Waals surface area contributed by atoms with Crippen molar-refractivity contribution in [3.8, 4) is 0 Å². The van der Waals surface area contributed by atoms with E-state index >= 15 is 0 Å². The summed E-state index contributed by atoms with van der Waals surface area (Å²) in [4.78, 5) is 26.9. The number of esters is 1. The average Bonchev–Trinajstić information content (AvgIpc) is 3.24. The van der Waals surface area contributed by atoms with Gasteiger partial charge in [-0.25, -0.2) is 4.79 Å². The number of benzene rings is 1. The SMILES string of the molecule is CCOC(=O)c1cnn(C)c1NC(=O)CN1CCCC1Cc1ccccc1Cl. The number of amides is 1. The summed E-state index contributed by atoms with van der Waals surface area (Å²) in [5, 5.41) is 7.63. The van der Waals surface area contributed by atoms with Crippen molar-refractivity contribution in [2.45, 2.75) is 32.2 Å². The zero-order valence-electron chi connectivity index (χ0n) is 16.2. The van der Waals surface area contributed by atoms with Crippen LogP contribution < -0.4 is 5.32 Å². The maximum Gasteiger partial charge on any atom is 0.343 e. The largest absolute Gasteiger partial charge is 0.462 e. The van der Waals surface area contributed by atoms with E-state index in [0.29, 0.717) is 5.82 Å². The Kier molecular flexibility index (Phi) is 6.70. The molecule has 0 spiro atoms. The summed E-state index contributed by atoms with van der Waals surface area (Å²) in [5.74, 6) is -0.325. The molecule has 2 heterocycles. The molecule has 1 aromatic heterocycles. The molecule has 0 bridgehead atoms. The van der Waals surface area contributed by atoms with Crippen LogP contribution in [0.15, 0.2) is 30.5 Å². The Hall–Kier alpha value is -2.38. The normalized spacial score (nSPS) is 16.9. The van der Waals surface area contributed by atoms with E-state index in [0.717, 1.165) is 36.4 Å². The lowest BCUT2D eigenvalue weighted by Crippen LogP contribution is -2.38. The highest BCUT2D eigenvalue weighted by Gasteiger charge is 2.28. The Labute approximate surface area is 169 Å². The van der Waals surface area contributed by atoms with Crippen LogP contribution in [0.4, 0.5) is 5.82 Å². The Morgan fingerprint density at radius 3 is 2.89 bits per heavy atom. The van der Waals surface area contributed by atoms with Gasteiger partial charge >= 0.3 is 5.97 Å². The summed E-state index contributed by atoms with van der Waals surface area (Å²) in [7, 11) is 1.67. The van der Waals surface area contributed by atoms with Crippen LogP contribution in [0.3, 0.4) is 0 Å². The van der Waals surface area contributed by atoms with Crippen molar-refractivity contribution in [3.63, 3.8) is 0 Å². The molecule has 3 rings (SSSR count). The first-order chi connectivity index (χ1) is 13.5. The van der Waals surface area contributed by atoms with Gasteiger partial charge in [0.2, 0.25) is 5.91 Å². The second-order valence-electron chi connectivity index (χ2n) is 6.86. The molecule has 7 nitrogen and oxygen atoms in total. The molecule has 1 saturated heterocycles. The van der Waals surface area contributed by atoms with E-state index in [2.05, 4.69) is 15.3 Å². The zero-order chi connectivity index (χ0) is 20.1. The summed E-state index contributed by atoms with van der Waals surface area (Å²) in [6.45, 7) is 3.11. The Bertz CT molecular complexity index is 852. The van der Waals surface area contributed by atoms with Crippen LogP contribution in [-0.2, 0) is 23.0 Å². The third kappa shape index (κ3) is 4.72. The molecule has 0 radical (unpaired) electrons. The fourth-order valence-electron chi connectivity index (χ4n) is 3.55. The maximum absolute atomic E-state index is 12.6. The molecule has 150 valence electrons. The van der Waals surface area contributed by atoms with Crippen LogP contribution in [0, 0.1) is 0 Å². The second-order valence-corrected chi connectivity index (χ2v) is 7.27. The topological polar surface area (TPSA) is 76.5 Å². The van der Waals surface area contributed by atoms with Crippen LogP contribution in [0.25, 0.3) is 0 Å². The summed E-state index contributed by atoms with van der Waals surface area (Å²) in [5.41, 5.74) is 1.35. The number of aryl methyl sites for hydroxylation is 1. The first kappa shape index (κ1) is 20.4. The second kappa shape index (κ2) is 9.21. The number of rotatable bonds is 7. The van der Waals surface area contributed by atoms with E-state index in [1.807, 2.05) is 24.3 Å². The van der Waals surface area contributed by atoms with Crippen molar-refractivity contribution in [3.05, 3.63) is 46.6 Å². The summed E-state index contributed by atoms with van der Waals surface area (Å²) < 4.78 is 6.49. The van der Waals surface area contributed by atoms with Gasteiger partial charge in [0.05, 0.1) is 19.3 Å². The Morgan fingerprint density at radius 1 is 1.36 bits per heavy atom. The number of ether oxygens (including phenoxy) is 1. The Morgan fingerprint density at radius 2 is 2.14 bits per heavy atom. The predicted octanol–water partition coefficient (Wildman–Crippen LogP) is 2.90. The highest BCUT2D eigenvalue weighted by Crippen LogP contribution is 2.25. The number of nitrogens with zero attached hydrogens (tertiary/aromatic N) is 3. The summed E-state index contributed by atoms with van der Waals surface area (Å²) >= 11 is 6.29. The number of carbonyl (C=O) groups is 2. The fraction of sp³-hybridized carbons (Fsp3) is 0.450. The third-order valence-electron chi connectivity index (χ3n) is 4.95. The molecule has 0 saturated carbocycles. The van der Waals surface area contributed by atoms with E-state index in [1.54, 1.807) is 14.0 Å². The average molecular weight is 405 g/mol. The minimum absolute atomic E-state index is 0.180. The number of hydrogen-bond donors (Lipinski definition) is 1. The van der Waals surface area contributed by atoms with Crippen molar-refractivity contribution in [1.29, 1.82) is 0 Å². The third-order valence-corrected chi connectivity index (χ3v) is 5.32. The number of nitrogens with one attached hydrogen (secondary N) is 1. The maximum atomic E-state index is 12.6. The molecule has 8 heteroatoms. The minimum Gasteiger partial charge on any atom is -0.462 e. The molecule has 1 aromatic carbocycles. The number of aromatic nitrogens is 2. The molecule has 1 amide bonds. The van der Waals surface area contributed by atoms with Crippen LogP contribution in [0.2, 0.25) is 5.02 Å². The van der Waals surface area contributed by atoms with Gasteiger partial charge in [-0.2, -0.15) is 5.10 Å². The summed E-state index contributed by atoms with van der Waals surface area (Å²) in [6, 6.07) is 8.08. The van der Waals surface area contributed by atoms with E-state index in [9.17, 15) is 9.59 Å².